The molecule has 0 amide bonds. The molecule has 0 bridgehead atoms. The van der Waals surface area contributed by atoms with Crippen molar-refractivity contribution in [1.29, 1.82) is 0 Å². The number of carbonyl (C=O) groups excluding carboxylic acids is 1. The van der Waals surface area contributed by atoms with E-state index in [4.69, 9.17) is 4.74 Å². The maximum atomic E-state index is 12.9. The first-order valence-corrected chi connectivity index (χ1v) is 9.60. The van der Waals surface area contributed by atoms with E-state index in [1.54, 1.807) is 0 Å². The average Bonchev–Trinajstić information content (AvgIpc) is 3.10. The molecule has 1 aliphatic rings. The van der Waals surface area contributed by atoms with Gasteiger partial charge in [0.25, 0.3) is 0 Å². The van der Waals surface area contributed by atoms with E-state index in [0.29, 0.717) is 6.61 Å². The van der Waals surface area contributed by atoms with Gasteiger partial charge in [0.2, 0.25) is 0 Å². The summed E-state index contributed by atoms with van der Waals surface area (Å²) in [6, 6.07) is 10.3. The minimum Gasteiger partial charge on any atom is -0.466 e. The van der Waals surface area contributed by atoms with Crippen LogP contribution in [0.3, 0.4) is 0 Å². The Kier molecular flexibility index (Phi) is 6.09. The van der Waals surface area contributed by atoms with Crippen LogP contribution >= 0.6 is 0 Å². The zero-order valence-corrected chi connectivity index (χ0v) is 15.9. The number of esters is 1. The number of imidazole rings is 1. The van der Waals surface area contributed by atoms with Crippen molar-refractivity contribution in [1.82, 2.24) is 14.5 Å². The van der Waals surface area contributed by atoms with Gasteiger partial charge in [0.15, 0.2) is 0 Å². The Morgan fingerprint density at radius 1 is 1.27 bits per heavy atom. The maximum Gasteiger partial charge on any atom is 0.313 e. The fourth-order valence-electron chi connectivity index (χ4n) is 4.00. The van der Waals surface area contributed by atoms with E-state index in [1.807, 2.05) is 37.5 Å². The Bertz CT molecular complexity index is 713. The third-order valence-electron chi connectivity index (χ3n) is 5.26. The smallest absolute Gasteiger partial charge is 0.313 e. The third kappa shape index (κ3) is 4.15. The number of hydrogen-bond acceptors (Lipinski definition) is 4. The van der Waals surface area contributed by atoms with Crippen LogP contribution in [-0.2, 0) is 29.0 Å². The van der Waals surface area contributed by atoms with E-state index >= 15 is 0 Å². The third-order valence-corrected chi connectivity index (χ3v) is 5.26. The van der Waals surface area contributed by atoms with Crippen LogP contribution in [0.2, 0.25) is 0 Å². The van der Waals surface area contributed by atoms with Gasteiger partial charge in [-0.2, -0.15) is 0 Å². The number of piperidine rings is 1. The average molecular weight is 355 g/mol. The van der Waals surface area contributed by atoms with Crippen molar-refractivity contribution in [3.63, 3.8) is 0 Å². The molecule has 1 fully saturated rings. The van der Waals surface area contributed by atoms with Crippen molar-refractivity contribution >= 4 is 5.97 Å². The van der Waals surface area contributed by atoms with Crippen molar-refractivity contribution in [2.75, 3.05) is 19.7 Å². The van der Waals surface area contributed by atoms with E-state index in [2.05, 4.69) is 33.5 Å². The zero-order chi connectivity index (χ0) is 18.4. The summed E-state index contributed by atoms with van der Waals surface area (Å²) in [7, 11) is 0. The molecule has 0 aliphatic carbocycles. The van der Waals surface area contributed by atoms with Crippen LogP contribution in [0, 0.1) is 5.41 Å². The molecule has 2 heterocycles. The van der Waals surface area contributed by atoms with Crippen LogP contribution in [0.15, 0.2) is 42.7 Å². The molecule has 0 radical (unpaired) electrons. The van der Waals surface area contributed by atoms with Crippen LogP contribution < -0.4 is 0 Å². The van der Waals surface area contributed by atoms with Gasteiger partial charge in [-0.15, -0.1) is 0 Å². The molecule has 3 rings (SSSR count). The van der Waals surface area contributed by atoms with Gasteiger partial charge in [0.1, 0.15) is 5.82 Å². The maximum absolute atomic E-state index is 12.9. The molecule has 1 aliphatic heterocycles. The Morgan fingerprint density at radius 3 is 2.81 bits per heavy atom. The number of benzene rings is 1. The normalized spacial score (nSPS) is 20.8. The molecule has 140 valence electrons. The highest BCUT2D eigenvalue weighted by atomic mass is 16.5. The number of likely N-dealkylation sites (tertiary alicyclic amines) is 1. The van der Waals surface area contributed by atoms with Gasteiger partial charge in [0, 0.05) is 25.5 Å². The van der Waals surface area contributed by atoms with E-state index in [-0.39, 0.29) is 5.97 Å². The first-order valence-electron chi connectivity index (χ1n) is 9.60. The van der Waals surface area contributed by atoms with Crippen molar-refractivity contribution in [3.8, 4) is 0 Å². The van der Waals surface area contributed by atoms with Crippen LogP contribution in [0.25, 0.3) is 0 Å². The first-order chi connectivity index (χ1) is 12.7. The summed E-state index contributed by atoms with van der Waals surface area (Å²) in [5.74, 6) is 0.999. The van der Waals surface area contributed by atoms with Gasteiger partial charge in [0.05, 0.1) is 18.6 Å². The minimum absolute atomic E-state index is 0.0626. The second-order valence-corrected chi connectivity index (χ2v) is 7.11. The standard InChI is InChI=1S/C21H29N3O2/c1-3-24-14-12-22-19(24)16-23-13-8-11-21(17-23,20(25)26-4-2)15-18-9-6-5-7-10-18/h5-7,9-10,12,14H,3-4,8,11,13,15-17H2,1-2H3/t21-/m0/s1. The molecule has 1 aromatic heterocycles. The summed E-state index contributed by atoms with van der Waals surface area (Å²) in [6.45, 7) is 7.83. The van der Waals surface area contributed by atoms with Gasteiger partial charge < -0.3 is 9.30 Å². The lowest BCUT2D eigenvalue weighted by molar-refractivity contribution is -0.159. The number of ether oxygens (including phenoxy) is 1. The van der Waals surface area contributed by atoms with Crippen molar-refractivity contribution in [2.24, 2.45) is 5.41 Å². The lowest BCUT2D eigenvalue weighted by Gasteiger charge is -2.41. The molecule has 5 heteroatoms. The summed E-state index contributed by atoms with van der Waals surface area (Å²) in [6.07, 6.45) is 6.47. The minimum atomic E-state index is -0.473. The molecule has 1 atom stereocenters. The Morgan fingerprint density at radius 2 is 2.08 bits per heavy atom. The highest BCUT2D eigenvalue weighted by Crippen LogP contribution is 2.35. The van der Waals surface area contributed by atoms with Gasteiger partial charge in [-0.3, -0.25) is 9.69 Å². The number of hydrogen-bond donors (Lipinski definition) is 0. The van der Waals surface area contributed by atoms with E-state index in [1.165, 1.54) is 5.56 Å². The lowest BCUT2D eigenvalue weighted by Crippen LogP contribution is -2.49. The van der Waals surface area contributed by atoms with Gasteiger partial charge >= 0.3 is 5.97 Å². The number of nitrogens with zero attached hydrogens (tertiary/aromatic N) is 3. The molecule has 0 unspecified atom stereocenters. The monoisotopic (exact) mass is 355 g/mol. The number of carbonyl (C=O) groups is 1. The molecule has 0 N–H and O–H groups in total. The molecular formula is C21H29N3O2. The molecule has 5 nitrogen and oxygen atoms in total. The molecular weight excluding hydrogens is 326 g/mol. The largest absolute Gasteiger partial charge is 0.466 e. The highest BCUT2D eigenvalue weighted by Gasteiger charge is 2.43. The Labute approximate surface area is 156 Å². The van der Waals surface area contributed by atoms with E-state index in [9.17, 15) is 4.79 Å². The predicted octanol–water partition coefficient (Wildman–Crippen LogP) is 3.29. The molecule has 26 heavy (non-hydrogen) atoms. The van der Waals surface area contributed by atoms with Crippen molar-refractivity contribution < 1.29 is 9.53 Å². The fourth-order valence-corrected chi connectivity index (χ4v) is 4.00. The Hall–Kier alpha value is -2.14. The first kappa shape index (κ1) is 18.6. The van der Waals surface area contributed by atoms with Crippen molar-refractivity contribution in [3.05, 3.63) is 54.1 Å². The number of aromatic nitrogens is 2. The quantitative estimate of drug-likeness (QED) is 0.715. The van der Waals surface area contributed by atoms with Crippen LogP contribution in [0.4, 0.5) is 0 Å². The molecule has 1 saturated heterocycles. The second-order valence-electron chi connectivity index (χ2n) is 7.11. The number of aryl methyl sites for hydroxylation is 1. The van der Waals surface area contributed by atoms with Crippen LogP contribution in [0.1, 0.15) is 38.1 Å². The molecule has 2 aromatic rings. The van der Waals surface area contributed by atoms with Crippen LogP contribution in [0.5, 0.6) is 0 Å². The van der Waals surface area contributed by atoms with E-state index < -0.39 is 5.41 Å². The second kappa shape index (κ2) is 8.49. The summed E-state index contributed by atoms with van der Waals surface area (Å²) in [4.78, 5) is 19.8. The summed E-state index contributed by atoms with van der Waals surface area (Å²) in [5, 5.41) is 0. The van der Waals surface area contributed by atoms with Gasteiger partial charge in [-0.1, -0.05) is 30.3 Å². The Balaban J connectivity index is 1.80. The summed E-state index contributed by atoms with van der Waals surface area (Å²) >= 11 is 0. The fraction of sp³-hybridized carbons (Fsp3) is 0.524. The summed E-state index contributed by atoms with van der Waals surface area (Å²) < 4.78 is 7.66. The predicted molar refractivity (Wildman–Crippen MR) is 102 cm³/mol. The SMILES string of the molecule is CCOC(=O)[C@]1(Cc2ccccc2)CCCN(Cc2nccn2CC)C1. The zero-order valence-electron chi connectivity index (χ0n) is 15.9. The molecule has 0 saturated carbocycles. The van der Waals surface area contributed by atoms with Gasteiger partial charge in [-0.05, 0) is 45.2 Å². The lowest BCUT2D eigenvalue weighted by atomic mass is 9.75. The van der Waals surface area contributed by atoms with Crippen molar-refractivity contribution in [2.45, 2.75) is 46.2 Å². The van der Waals surface area contributed by atoms with Crippen LogP contribution in [-0.4, -0.2) is 40.1 Å². The van der Waals surface area contributed by atoms with Gasteiger partial charge in [-0.25, -0.2) is 4.98 Å². The molecule has 0 spiro atoms. The molecule has 1 aromatic carbocycles. The number of rotatable bonds is 7. The highest BCUT2D eigenvalue weighted by molar-refractivity contribution is 5.77. The topological polar surface area (TPSA) is 47.4 Å². The van der Waals surface area contributed by atoms with E-state index in [0.717, 1.165) is 51.3 Å². The summed E-state index contributed by atoms with van der Waals surface area (Å²) in [5.41, 5.74) is 0.719.